The highest BCUT2D eigenvalue weighted by Gasteiger charge is 2.37. The van der Waals surface area contributed by atoms with Crippen LogP contribution in [0.15, 0.2) is 35.5 Å². The van der Waals surface area contributed by atoms with Crippen LogP contribution in [0.5, 0.6) is 0 Å². The molecule has 1 saturated heterocycles. The number of nitrogens with one attached hydrogen (secondary N) is 1. The second-order valence-corrected chi connectivity index (χ2v) is 5.73. The van der Waals surface area contributed by atoms with Gasteiger partial charge < -0.3 is 15.1 Å². The van der Waals surface area contributed by atoms with E-state index in [1.165, 1.54) is 0 Å². The molecule has 1 unspecified atom stereocenters. The minimum Gasteiger partial charge on any atom is -0.319 e. The third kappa shape index (κ3) is 2.32. The van der Waals surface area contributed by atoms with Gasteiger partial charge in [0.05, 0.1) is 24.8 Å². The number of likely N-dealkylation sites (N-methyl/N-ethyl adjacent to an activating group) is 1. The quantitative estimate of drug-likeness (QED) is 0.845. The number of fused-ring (bicyclic) bond motifs is 2. The van der Waals surface area contributed by atoms with Crippen molar-refractivity contribution in [3.8, 4) is 0 Å². The van der Waals surface area contributed by atoms with Gasteiger partial charge in [-0.05, 0) is 18.2 Å². The maximum Gasteiger partial charge on any atom is 0.320 e. The van der Waals surface area contributed by atoms with Crippen molar-refractivity contribution in [1.82, 2.24) is 24.9 Å². The highest BCUT2D eigenvalue weighted by Crippen LogP contribution is 2.24. The third-order valence-electron chi connectivity index (χ3n) is 4.22. The highest BCUT2D eigenvalue weighted by atomic mass is 16.2. The van der Waals surface area contributed by atoms with Gasteiger partial charge in [0.15, 0.2) is 5.69 Å². The van der Waals surface area contributed by atoms with Crippen molar-refractivity contribution in [3.05, 3.63) is 36.2 Å². The predicted molar refractivity (Wildman–Crippen MR) is 83.9 cm³/mol. The molecule has 1 atom stereocenters. The highest BCUT2D eigenvalue weighted by molar-refractivity contribution is 6.10. The SMILES string of the molecule is CN1C(=O)N2CC(n3ccc(C(=O)NC4=NCC=C4)n3)=CC1C2. The Bertz CT molecular complexity index is 775. The lowest BCUT2D eigenvalue weighted by atomic mass is 10.2. The molecule has 3 aliphatic heterocycles. The van der Waals surface area contributed by atoms with E-state index in [1.807, 2.05) is 12.2 Å². The molecule has 4 heterocycles. The fraction of sp³-hybridized carbons (Fsp3) is 0.333. The first kappa shape index (κ1) is 13.7. The number of hydrogen-bond donors (Lipinski definition) is 1. The van der Waals surface area contributed by atoms with Crippen LogP contribution >= 0.6 is 0 Å². The molecule has 0 saturated carbocycles. The van der Waals surface area contributed by atoms with Crippen LogP contribution in [0.2, 0.25) is 0 Å². The van der Waals surface area contributed by atoms with Crippen LogP contribution in [0, 0.1) is 0 Å². The molecule has 1 aromatic rings. The molecule has 0 aliphatic carbocycles. The molecule has 1 N–H and O–H groups in total. The van der Waals surface area contributed by atoms with Gasteiger partial charge in [-0.2, -0.15) is 5.10 Å². The minimum absolute atomic E-state index is 0.0254. The average molecular weight is 312 g/mol. The summed E-state index contributed by atoms with van der Waals surface area (Å²) in [6, 6.07) is 1.75. The zero-order valence-corrected chi connectivity index (χ0v) is 12.6. The molecule has 0 aromatic carbocycles. The zero-order chi connectivity index (χ0) is 16.0. The number of hydrogen-bond acceptors (Lipinski definition) is 4. The van der Waals surface area contributed by atoms with Gasteiger partial charge in [-0.25, -0.2) is 9.48 Å². The molecule has 8 heteroatoms. The minimum atomic E-state index is -0.290. The lowest BCUT2D eigenvalue weighted by molar-refractivity contribution is 0.0972. The number of rotatable bonds is 2. The van der Waals surface area contributed by atoms with Gasteiger partial charge in [0.2, 0.25) is 0 Å². The van der Waals surface area contributed by atoms with E-state index in [9.17, 15) is 9.59 Å². The smallest absolute Gasteiger partial charge is 0.319 e. The van der Waals surface area contributed by atoms with Crippen LogP contribution < -0.4 is 5.32 Å². The third-order valence-corrected chi connectivity index (χ3v) is 4.22. The molecule has 0 radical (unpaired) electrons. The molecule has 4 rings (SSSR count). The van der Waals surface area contributed by atoms with Crippen molar-refractivity contribution < 1.29 is 9.59 Å². The van der Waals surface area contributed by atoms with Crippen LogP contribution in [-0.4, -0.2) is 70.1 Å². The van der Waals surface area contributed by atoms with E-state index in [4.69, 9.17) is 0 Å². The van der Waals surface area contributed by atoms with Gasteiger partial charge >= 0.3 is 6.03 Å². The Morgan fingerprint density at radius 2 is 2.30 bits per heavy atom. The van der Waals surface area contributed by atoms with E-state index in [2.05, 4.69) is 15.4 Å². The van der Waals surface area contributed by atoms with Crippen molar-refractivity contribution in [3.63, 3.8) is 0 Å². The maximum absolute atomic E-state index is 12.1. The fourth-order valence-corrected chi connectivity index (χ4v) is 2.94. The molecular formula is C15H16N6O2. The van der Waals surface area contributed by atoms with Crippen LogP contribution in [0.4, 0.5) is 4.79 Å². The summed E-state index contributed by atoms with van der Waals surface area (Å²) in [6.45, 7) is 1.80. The Balaban J connectivity index is 1.52. The summed E-state index contributed by atoms with van der Waals surface area (Å²) < 4.78 is 1.66. The summed E-state index contributed by atoms with van der Waals surface area (Å²) in [6.07, 6.45) is 7.41. The Morgan fingerprint density at radius 1 is 1.43 bits per heavy atom. The summed E-state index contributed by atoms with van der Waals surface area (Å²) in [7, 11) is 1.80. The van der Waals surface area contributed by atoms with Crippen molar-refractivity contribution >= 4 is 23.5 Å². The van der Waals surface area contributed by atoms with Gasteiger partial charge in [-0.15, -0.1) is 0 Å². The number of amides is 3. The van der Waals surface area contributed by atoms with Crippen LogP contribution in [0.1, 0.15) is 10.5 Å². The van der Waals surface area contributed by atoms with Gasteiger partial charge in [0, 0.05) is 19.8 Å². The number of aliphatic imine (C=N–C) groups is 1. The zero-order valence-electron chi connectivity index (χ0n) is 12.6. The van der Waals surface area contributed by atoms with E-state index in [0.29, 0.717) is 31.2 Å². The molecule has 3 amide bonds. The number of nitrogens with zero attached hydrogens (tertiary/aromatic N) is 5. The van der Waals surface area contributed by atoms with E-state index in [1.54, 1.807) is 39.9 Å². The normalized spacial score (nSPS) is 22.5. The summed E-state index contributed by atoms with van der Waals surface area (Å²) in [4.78, 5) is 31.7. The van der Waals surface area contributed by atoms with Crippen LogP contribution in [0.25, 0.3) is 5.70 Å². The topological polar surface area (TPSA) is 82.8 Å². The second kappa shape index (κ2) is 5.08. The number of urea groups is 1. The molecular weight excluding hydrogens is 296 g/mol. The summed E-state index contributed by atoms with van der Waals surface area (Å²) in [5, 5.41) is 7.04. The molecule has 1 aromatic heterocycles. The van der Waals surface area contributed by atoms with Gasteiger partial charge in [0.25, 0.3) is 5.91 Å². The number of aromatic nitrogens is 2. The van der Waals surface area contributed by atoms with Crippen LogP contribution in [-0.2, 0) is 0 Å². The largest absolute Gasteiger partial charge is 0.320 e. The predicted octanol–water partition coefficient (Wildman–Crippen LogP) is 0.172. The maximum atomic E-state index is 12.1. The average Bonchev–Trinajstić information content (AvgIpc) is 3.27. The number of amidine groups is 1. The van der Waals surface area contributed by atoms with E-state index >= 15 is 0 Å². The molecule has 23 heavy (non-hydrogen) atoms. The van der Waals surface area contributed by atoms with Crippen molar-refractivity contribution in [2.45, 2.75) is 6.04 Å². The van der Waals surface area contributed by atoms with E-state index in [0.717, 1.165) is 5.70 Å². The first-order chi connectivity index (χ1) is 11.1. The summed E-state index contributed by atoms with van der Waals surface area (Å²) in [5.41, 5.74) is 1.22. The number of carbonyl (C=O) groups excluding carboxylic acids is 2. The molecule has 8 nitrogen and oxygen atoms in total. The Morgan fingerprint density at radius 3 is 3.04 bits per heavy atom. The van der Waals surface area contributed by atoms with E-state index in [-0.39, 0.29) is 18.0 Å². The summed E-state index contributed by atoms with van der Waals surface area (Å²) in [5.74, 6) is 0.264. The molecule has 2 bridgehead atoms. The van der Waals surface area contributed by atoms with Crippen molar-refractivity contribution in [2.75, 3.05) is 26.7 Å². The molecule has 118 valence electrons. The van der Waals surface area contributed by atoms with Crippen molar-refractivity contribution in [1.29, 1.82) is 0 Å². The van der Waals surface area contributed by atoms with Gasteiger partial charge in [-0.3, -0.25) is 9.79 Å². The number of carbonyl (C=O) groups is 2. The molecule has 3 aliphatic rings. The first-order valence-corrected chi connectivity index (χ1v) is 7.42. The Hall–Kier alpha value is -2.90. The lowest BCUT2D eigenvalue weighted by Gasteiger charge is -2.21. The Labute approximate surface area is 132 Å². The standard InChI is InChI=1S/C15H16N6O2/c1-19-10-7-11(9-20(8-10)15(19)23)21-6-4-12(18-21)14(22)17-13-3-2-5-16-13/h2-4,6-7,10H,5,8-9H2,1H3,(H,16,17,22). The van der Waals surface area contributed by atoms with Crippen molar-refractivity contribution in [2.24, 2.45) is 4.99 Å². The molecule has 1 fully saturated rings. The first-order valence-electron chi connectivity index (χ1n) is 7.42. The monoisotopic (exact) mass is 312 g/mol. The van der Waals surface area contributed by atoms with Gasteiger partial charge in [0.1, 0.15) is 5.84 Å². The summed E-state index contributed by atoms with van der Waals surface area (Å²) >= 11 is 0. The molecule has 0 spiro atoms. The second-order valence-electron chi connectivity index (χ2n) is 5.73. The van der Waals surface area contributed by atoms with E-state index < -0.39 is 0 Å². The van der Waals surface area contributed by atoms with Gasteiger partial charge in [-0.1, -0.05) is 6.08 Å². The Kier molecular flexibility index (Phi) is 3.03. The fourth-order valence-electron chi connectivity index (χ4n) is 2.94. The van der Waals surface area contributed by atoms with Crippen LogP contribution in [0.3, 0.4) is 0 Å². The lowest BCUT2D eigenvalue weighted by Crippen LogP contribution is -2.32.